The first-order chi connectivity index (χ1) is 10.7. The molecule has 2 nitrogen and oxygen atoms in total. The zero-order chi connectivity index (χ0) is 16.9. The maximum atomic E-state index is 6.42. The van der Waals surface area contributed by atoms with Crippen molar-refractivity contribution in [1.82, 2.24) is 0 Å². The summed E-state index contributed by atoms with van der Waals surface area (Å²) in [6, 6.07) is 16.6. The molecule has 0 radical (unpaired) electrons. The molecule has 0 atom stereocenters. The summed E-state index contributed by atoms with van der Waals surface area (Å²) in [6.45, 7) is 8.44. The van der Waals surface area contributed by atoms with Gasteiger partial charge in [-0.3, -0.25) is 0 Å². The fourth-order valence-corrected chi connectivity index (χ4v) is 7.71. The lowest BCUT2D eigenvalue weighted by Gasteiger charge is -2.39. The van der Waals surface area contributed by atoms with Gasteiger partial charge in [-0.1, -0.05) is 49.5 Å². The van der Waals surface area contributed by atoms with Crippen LogP contribution in [-0.4, -0.2) is 13.2 Å². The van der Waals surface area contributed by atoms with Crippen molar-refractivity contribution in [1.29, 1.82) is 0 Å². The molecule has 0 fully saturated rings. The minimum atomic E-state index is -2.53. The maximum absolute atomic E-state index is 6.42. The average molecular weight is 363 g/mol. The first-order valence-electron chi connectivity index (χ1n) is 7.83. The van der Waals surface area contributed by atoms with Gasteiger partial charge in [0.05, 0.1) is 5.16 Å². The molecular formula is C18H23O2PSSi. The van der Waals surface area contributed by atoms with Crippen molar-refractivity contribution in [3.8, 4) is 11.5 Å². The Bertz CT molecular complexity index is 740. The summed E-state index contributed by atoms with van der Waals surface area (Å²) in [6.07, 6.45) is 0. The molecule has 0 N–H and O–H groups in total. The normalized spacial score (nSPS) is 18.5. The SMILES string of the molecule is CC(C)(C)P1(=S)Oc2ccccc2[Si](C)(C)c2ccccc2O1. The second-order valence-corrected chi connectivity index (χ2v) is 15.9. The number of benzene rings is 2. The largest absolute Gasteiger partial charge is 0.435 e. The molecule has 3 rings (SSSR count). The van der Waals surface area contributed by atoms with Gasteiger partial charge in [0.2, 0.25) is 0 Å². The molecule has 23 heavy (non-hydrogen) atoms. The molecule has 1 heterocycles. The van der Waals surface area contributed by atoms with Gasteiger partial charge in [0, 0.05) is 0 Å². The summed E-state index contributed by atoms with van der Waals surface area (Å²) in [5.41, 5.74) is 0. The van der Waals surface area contributed by atoms with Crippen LogP contribution in [0.2, 0.25) is 13.1 Å². The summed E-state index contributed by atoms with van der Waals surface area (Å²) in [5, 5.41) is 2.33. The van der Waals surface area contributed by atoms with Gasteiger partial charge < -0.3 is 9.05 Å². The minimum Gasteiger partial charge on any atom is -0.435 e. The molecule has 0 aliphatic carbocycles. The number of hydrogen-bond acceptors (Lipinski definition) is 3. The van der Waals surface area contributed by atoms with Crippen molar-refractivity contribution >= 4 is 36.7 Å². The molecule has 5 heteroatoms. The fraction of sp³-hybridized carbons (Fsp3) is 0.333. The lowest BCUT2D eigenvalue weighted by molar-refractivity contribution is 0.453. The molecule has 0 spiro atoms. The smallest absolute Gasteiger partial charge is 0.293 e. The zero-order valence-electron chi connectivity index (χ0n) is 14.3. The van der Waals surface area contributed by atoms with Crippen LogP contribution in [0.5, 0.6) is 11.5 Å². The van der Waals surface area contributed by atoms with Crippen LogP contribution in [0.1, 0.15) is 20.8 Å². The molecule has 0 saturated carbocycles. The molecule has 2 aromatic rings. The molecular weight excluding hydrogens is 339 g/mol. The molecule has 122 valence electrons. The van der Waals surface area contributed by atoms with Gasteiger partial charge in [-0.15, -0.1) is 0 Å². The first kappa shape index (κ1) is 16.8. The summed E-state index contributed by atoms with van der Waals surface area (Å²) >= 11 is 5.95. The Kier molecular flexibility index (Phi) is 3.99. The van der Waals surface area contributed by atoms with Gasteiger partial charge in [0.15, 0.2) is 0 Å². The minimum absolute atomic E-state index is 0.244. The Balaban J connectivity index is 2.32. The summed E-state index contributed by atoms with van der Waals surface area (Å²) < 4.78 is 12.8. The van der Waals surface area contributed by atoms with E-state index in [2.05, 4.69) is 58.1 Å². The van der Waals surface area contributed by atoms with E-state index in [1.54, 1.807) is 0 Å². The quantitative estimate of drug-likeness (QED) is 0.512. The molecule has 2 aromatic carbocycles. The van der Waals surface area contributed by atoms with Crippen LogP contribution in [0, 0.1) is 0 Å². The summed E-state index contributed by atoms with van der Waals surface area (Å²) in [4.78, 5) is 0. The Morgan fingerprint density at radius 1 is 0.826 bits per heavy atom. The number of rotatable bonds is 0. The lowest BCUT2D eigenvalue weighted by atomic mass is 10.3. The lowest BCUT2D eigenvalue weighted by Crippen LogP contribution is -2.54. The highest BCUT2D eigenvalue weighted by Crippen LogP contribution is 2.59. The predicted molar refractivity (Wildman–Crippen MR) is 105 cm³/mol. The van der Waals surface area contributed by atoms with E-state index in [1.807, 2.05) is 24.3 Å². The van der Waals surface area contributed by atoms with E-state index in [1.165, 1.54) is 10.4 Å². The Hall–Kier alpha value is -1.09. The average Bonchev–Trinajstić information content (AvgIpc) is 2.46. The van der Waals surface area contributed by atoms with Crippen molar-refractivity contribution < 1.29 is 9.05 Å². The van der Waals surface area contributed by atoms with E-state index in [0.717, 1.165) is 11.5 Å². The number of hydrogen-bond donors (Lipinski definition) is 0. The summed E-state index contributed by atoms with van der Waals surface area (Å²) in [7, 11) is -1.91. The van der Waals surface area contributed by atoms with Crippen LogP contribution in [0.15, 0.2) is 48.5 Å². The van der Waals surface area contributed by atoms with Crippen LogP contribution in [-0.2, 0) is 11.8 Å². The van der Waals surface area contributed by atoms with E-state index >= 15 is 0 Å². The fourth-order valence-electron chi connectivity index (χ4n) is 2.82. The molecule has 1 aliphatic rings. The van der Waals surface area contributed by atoms with Crippen molar-refractivity contribution in [3.05, 3.63) is 48.5 Å². The third-order valence-electron chi connectivity index (χ3n) is 4.38. The Labute approximate surface area is 145 Å². The third-order valence-corrected chi connectivity index (χ3v) is 12.5. The summed E-state index contributed by atoms with van der Waals surface area (Å²) in [5.74, 6) is 1.80. The monoisotopic (exact) mass is 362 g/mol. The standard InChI is InChI=1S/C18H23O2PSSi/c1-18(2,3)21(22)19-14-10-6-8-12-16(14)23(4,5)17-13-9-7-11-15(17)20-21/h6-13H,1-5H3. The molecule has 0 amide bonds. The van der Waals surface area contributed by atoms with Crippen LogP contribution in [0.25, 0.3) is 0 Å². The van der Waals surface area contributed by atoms with Crippen LogP contribution >= 0.6 is 6.49 Å². The third kappa shape index (κ3) is 2.77. The maximum Gasteiger partial charge on any atom is 0.293 e. The highest BCUT2D eigenvalue weighted by Gasteiger charge is 2.43. The Morgan fingerprint density at radius 2 is 1.22 bits per heavy atom. The van der Waals surface area contributed by atoms with E-state index in [4.69, 9.17) is 20.9 Å². The van der Waals surface area contributed by atoms with Crippen molar-refractivity contribution in [2.75, 3.05) is 0 Å². The highest BCUT2D eigenvalue weighted by molar-refractivity contribution is 8.10. The van der Waals surface area contributed by atoms with Gasteiger partial charge in [-0.25, -0.2) is 0 Å². The van der Waals surface area contributed by atoms with Crippen LogP contribution in [0.3, 0.4) is 0 Å². The number of fused-ring (bicyclic) bond motifs is 2. The second-order valence-electron chi connectivity index (χ2n) is 7.47. The Morgan fingerprint density at radius 3 is 1.61 bits per heavy atom. The van der Waals surface area contributed by atoms with Crippen molar-refractivity contribution in [2.45, 2.75) is 39.0 Å². The molecule has 0 saturated heterocycles. The van der Waals surface area contributed by atoms with Crippen molar-refractivity contribution in [2.24, 2.45) is 0 Å². The highest BCUT2D eigenvalue weighted by atomic mass is 32.5. The number of para-hydroxylation sites is 2. The molecule has 0 unspecified atom stereocenters. The van der Waals surface area contributed by atoms with Crippen molar-refractivity contribution in [3.63, 3.8) is 0 Å². The van der Waals surface area contributed by atoms with Crippen LogP contribution < -0.4 is 19.4 Å². The van der Waals surface area contributed by atoms with E-state index < -0.39 is 14.6 Å². The van der Waals surface area contributed by atoms with Gasteiger partial charge >= 0.3 is 0 Å². The predicted octanol–water partition coefficient (Wildman–Crippen LogP) is 4.39. The molecule has 0 aromatic heterocycles. The first-order valence-corrected chi connectivity index (χ1v) is 13.5. The van der Waals surface area contributed by atoms with Gasteiger partial charge in [0.1, 0.15) is 19.6 Å². The molecule has 1 aliphatic heterocycles. The van der Waals surface area contributed by atoms with E-state index in [-0.39, 0.29) is 5.16 Å². The van der Waals surface area contributed by atoms with E-state index in [0.29, 0.717) is 0 Å². The molecule has 0 bridgehead atoms. The zero-order valence-corrected chi connectivity index (χ0v) is 17.0. The van der Waals surface area contributed by atoms with Crippen LogP contribution in [0.4, 0.5) is 0 Å². The van der Waals surface area contributed by atoms with E-state index in [9.17, 15) is 0 Å². The van der Waals surface area contributed by atoms with Gasteiger partial charge in [0.25, 0.3) is 6.49 Å². The topological polar surface area (TPSA) is 18.5 Å². The van der Waals surface area contributed by atoms with Gasteiger partial charge in [-0.2, -0.15) is 0 Å². The second kappa shape index (κ2) is 5.47. The van der Waals surface area contributed by atoms with Gasteiger partial charge in [-0.05, 0) is 55.1 Å².